The summed E-state index contributed by atoms with van der Waals surface area (Å²) < 4.78 is 5.02. The molecule has 1 aromatic heterocycles. The minimum absolute atomic E-state index is 0.103. The van der Waals surface area contributed by atoms with Crippen molar-refractivity contribution in [2.75, 3.05) is 6.61 Å². The molecule has 0 saturated carbocycles. The summed E-state index contributed by atoms with van der Waals surface area (Å²) in [6, 6.07) is 16.9. The van der Waals surface area contributed by atoms with Crippen LogP contribution in [0.1, 0.15) is 21.7 Å². The monoisotopic (exact) mass is 344 g/mol. The Balaban J connectivity index is 1.77. The Kier molecular flexibility index (Phi) is 4.64. The van der Waals surface area contributed by atoms with Crippen LogP contribution in [-0.4, -0.2) is 27.7 Å². The molecular formula is C19H12N4O3. The van der Waals surface area contributed by atoms with E-state index in [0.717, 1.165) is 5.52 Å². The van der Waals surface area contributed by atoms with Crippen LogP contribution in [-0.2, 0) is 4.74 Å². The normalized spacial score (nSPS) is 11.3. The van der Waals surface area contributed by atoms with Gasteiger partial charge in [-0.2, -0.15) is 10.5 Å². The van der Waals surface area contributed by atoms with Crippen LogP contribution in [0.5, 0.6) is 0 Å². The van der Waals surface area contributed by atoms with E-state index in [-0.39, 0.29) is 17.0 Å². The van der Waals surface area contributed by atoms with E-state index in [1.54, 1.807) is 12.1 Å². The van der Waals surface area contributed by atoms with E-state index >= 15 is 0 Å². The van der Waals surface area contributed by atoms with Gasteiger partial charge in [0.2, 0.25) is 0 Å². The maximum Gasteiger partial charge on any atom is 0.338 e. The fourth-order valence-electron chi connectivity index (χ4n) is 2.30. The number of ether oxygens (including phenoxy) is 1. The van der Waals surface area contributed by atoms with Crippen molar-refractivity contribution in [3.8, 4) is 12.1 Å². The van der Waals surface area contributed by atoms with Gasteiger partial charge in [0, 0.05) is 0 Å². The summed E-state index contributed by atoms with van der Waals surface area (Å²) in [4.78, 5) is 19.2. The van der Waals surface area contributed by atoms with Gasteiger partial charge in [0.25, 0.3) is 0 Å². The van der Waals surface area contributed by atoms with E-state index in [4.69, 9.17) is 10.00 Å². The van der Waals surface area contributed by atoms with Crippen LogP contribution in [0.2, 0.25) is 0 Å². The molecule has 0 atom stereocenters. The molecule has 0 spiro atoms. The molecule has 26 heavy (non-hydrogen) atoms. The molecule has 126 valence electrons. The maximum atomic E-state index is 12.0. The first kappa shape index (κ1) is 16.7. The number of hydrogen-bond donors (Lipinski definition) is 2. The highest BCUT2D eigenvalue weighted by atomic mass is 16.5. The van der Waals surface area contributed by atoms with Crippen LogP contribution in [0.4, 0.5) is 0 Å². The number of fused-ring (bicyclic) bond motifs is 1. The molecule has 0 aliphatic carbocycles. The molecule has 3 rings (SSSR count). The molecule has 2 N–H and O–H groups in total. The van der Waals surface area contributed by atoms with Crippen molar-refractivity contribution in [3.05, 3.63) is 71.2 Å². The molecule has 2 aromatic carbocycles. The van der Waals surface area contributed by atoms with Gasteiger partial charge in [-0.15, -0.1) is 0 Å². The number of allylic oxidation sites excluding steroid dienone is 1. The lowest BCUT2D eigenvalue weighted by atomic mass is 10.1. The van der Waals surface area contributed by atoms with Crippen LogP contribution in [0.15, 0.2) is 54.3 Å². The van der Waals surface area contributed by atoms with Crippen molar-refractivity contribution in [3.63, 3.8) is 0 Å². The van der Waals surface area contributed by atoms with Gasteiger partial charge in [-0.25, -0.2) is 9.78 Å². The summed E-state index contributed by atoms with van der Waals surface area (Å²) in [7, 11) is 0. The number of benzene rings is 2. The van der Waals surface area contributed by atoms with Gasteiger partial charge >= 0.3 is 5.97 Å². The average Bonchev–Trinajstić information content (AvgIpc) is 3.10. The fourth-order valence-corrected chi connectivity index (χ4v) is 2.30. The number of hydrogen-bond acceptors (Lipinski definition) is 6. The number of aromatic amines is 1. The molecule has 0 amide bonds. The molecule has 0 bridgehead atoms. The number of para-hydroxylation sites is 2. The summed E-state index contributed by atoms with van der Waals surface area (Å²) in [6.07, 6.45) is 0. The number of esters is 1. The van der Waals surface area contributed by atoms with Crippen molar-refractivity contribution in [2.24, 2.45) is 0 Å². The lowest BCUT2D eigenvalue weighted by Crippen LogP contribution is -2.09. The second-order valence-electron chi connectivity index (χ2n) is 5.30. The number of aliphatic hydroxyl groups excluding tert-OH is 1. The summed E-state index contributed by atoms with van der Waals surface area (Å²) in [5.41, 5.74) is 1.92. The van der Waals surface area contributed by atoms with Crippen molar-refractivity contribution in [2.45, 2.75) is 0 Å². The zero-order valence-electron chi connectivity index (χ0n) is 13.4. The Morgan fingerprint density at radius 2 is 1.88 bits per heavy atom. The largest absolute Gasteiger partial charge is 0.507 e. The smallest absolute Gasteiger partial charge is 0.338 e. The number of nitriles is 2. The summed E-state index contributed by atoms with van der Waals surface area (Å²) in [6.45, 7) is -0.473. The van der Waals surface area contributed by atoms with E-state index in [0.29, 0.717) is 11.1 Å². The first-order valence-corrected chi connectivity index (χ1v) is 7.57. The molecule has 1 heterocycles. The average molecular weight is 344 g/mol. The van der Waals surface area contributed by atoms with Crippen LogP contribution < -0.4 is 0 Å². The third-order valence-electron chi connectivity index (χ3n) is 3.62. The Labute approximate surface area is 148 Å². The zero-order valence-corrected chi connectivity index (χ0v) is 13.4. The van der Waals surface area contributed by atoms with Crippen molar-refractivity contribution >= 4 is 22.6 Å². The minimum Gasteiger partial charge on any atom is -0.507 e. The van der Waals surface area contributed by atoms with Crippen LogP contribution in [0.25, 0.3) is 16.6 Å². The molecule has 7 nitrogen and oxygen atoms in total. The highest BCUT2D eigenvalue weighted by molar-refractivity contribution is 5.90. The number of imidazole rings is 1. The quantitative estimate of drug-likeness (QED) is 0.426. The van der Waals surface area contributed by atoms with E-state index < -0.39 is 18.3 Å². The minimum atomic E-state index is -0.678. The summed E-state index contributed by atoms with van der Waals surface area (Å²) in [5.74, 6) is -0.892. The Morgan fingerprint density at radius 1 is 1.15 bits per heavy atom. The van der Waals surface area contributed by atoms with Crippen molar-refractivity contribution in [1.29, 1.82) is 10.5 Å². The molecule has 7 heteroatoms. The lowest BCUT2D eigenvalue weighted by Gasteiger charge is -2.05. The number of carbonyl (C=O) groups excluding carboxylic acids is 1. The number of aromatic nitrogens is 2. The van der Waals surface area contributed by atoms with Gasteiger partial charge in [0.1, 0.15) is 18.2 Å². The number of nitrogens with zero attached hydrogens (tertiary/aromatic N) is 3. The molecule has 0 aliphatic rings. The fraction of sp³-hybridized carbons (Fsp3) is 0.0526. The third-order valence-corrected chi connectivity index (χ3v) is 3.62. The highest BCUT2D eigenvalue weighted by Gasteiger charge is 2.15. The number of aliphatic hydroxyl groups is 1. The number of rotatable bonds is 4. The second kappa shape index (κ2) is 7.20. The highest BCUT2D eigenvalue weighted by Crippen LogP contribution is 2.19. The summed E-state index contributed by atoms with van der Waals surface area (Å²) in [5, 5.41) is 28.2. The van der Waals surface area contributed by atoms with Gasteiger partial charge in [0.05, 0.1) is 28.2 Å². The lowest BCUT2D eigenvalue weighted by molar-refractivity contribution is 0.0503. The predicted molar refractivity (Wildman–Crippen MR) is 92.7 cm³/mol. The van der Waals surface area contributed by atoms with Crippen LogP contribution in [0, 0.1) is 22.7 Å². The van der Waals surface area contributed by atoms with Gasteiger partial charge in [0.15, 0.2) is 11.6 Å². The molecule has 0 unspecified atom stereocenters. The Hall–Kier alpha value is -4.10. The number of nitrogens with one attached hydrogen (secondary N) is 1. The van der Waals surface area contributed by atoms with E-state index in [1.165, 1.54) is 24.3 Å². The molecule has 0 saturated heterocycles. The Bertz CT molecular complexity index is 1050. The summed E-state index contributed by atoms with van der Waals surface area (Å²) >= 11 is 0. The van der Waals surface area contributed by atoms with Crippen LogP contribution in [0.3, 0.4) is 0 Å². The number of carbonyl (C=O) groups is 1. The van der Waals surface area contributed by atoms with Crippen molar-refractivity contribution < 1.29 is 14.6 Å². The van der Waals surface area contributed by atoms with E-state index in [2.05, 4.69) is 9.97 Å². The predicted octanol–water partition coefficient (Wildman–Crippen LogP) is 3.08. The first-order valence-electron chi connectivity index (χ1n) is 7.57. The molecule has 3 aromatic rings. The topological polar surface area (TPSA) is 123 Å². The first-order chi connectivity index (χ1) is 12.6. The number of H-pyrrole nitrogens is 1. The van der Waals surface area contributed by atoms with Crippen molar-refractivity contribution in [1.82, 2.24) is 9.97 Å². The standard InChI is InChI=1S/C19H12N4O3/c20-9-12-5-7-13(8-6-12)19(25)26-11-17(24)14(10-21)18-22-15-3-1-2-4-16(15)23-18/h1-8,24H,11H2,(H,22,23). The van der Waals surface area contributed by atoms with Gasteiger partial charge < -0.3 is 14.8 Å². The maximum absolute atomic E-state index is 12.0. The molecule has 0 aliphatic heterocycles. The Morgan fingerprint density at radius 3 is 2.54 bits per heavy atom. The third kappa shape index (κ3) is 3.37. The second-order valence-corrected chi connectivity index (χ2v) is 5.30. The molecule has 0 radical (unpaired) electrons. The SMILES string of the molecule is N#CC(=C(O)COC(=O)c1ccc(C#N)cc1)c1nc2ccccc2[nH]1. The van der Waals surface area contributed by atoms with Gasteiger partial charge in [-0.05, 0) is 36.4 Å². The van der Waals surface area contributed by atoms with Crippen LogP contribution >= 0.6 is 0 Å². The zero-order chi connectivity index (χ0) is 18.5. The van der Waals surface area contributed by atoms with E-state index in [1.807, 2.05) is 24.3 Å². The van der Waals surface area contributed by atoms with E-state index in [9.17, 15) is 15.2 Å². The van der Waals surface area contributed by atoms with Gasteiger partial charge in [-0.3, -0.25) is 0 Å². The molecular weight excluding hydrogens is 332 g/mol. The van der Waals surface area contributed by atoms with Gasteiger partial charge in [-0.1, -0.05) is 12.1 Å². The molecule has 0 fully saturated rings.